The highest BCUT2D eigenvalue weighted by Gasteiger charge is 2.19. The Bertz CT molecular complexity index is 825. The molecule has 0 aliphatic carbocycles. The lowest BCUT2D eigenvalue weighted by atomic mass is 10.3. The summed E-state index contributed by atoms with van der Waals surface area (Å²) < 4.78 is 26.8. The maximum absolute atomic E-state index is 12.0. The van der Waals surface area contributed by atoms with Crippen molar-refractivity contribution < 1.29 is 8.42 Å². The molecule has 9 heteroatoms. The smallest absolute Gasteiger partial charge is 0.313 e. The van der Waals surface area contributed by atoms with E-state index in [1.165, 1.54) is 6.07 Å². The number of anilines is 1. The molecule has 1 aromatic carbocycles. The molecule has 3 N–H and O–H groups in total. The fourth-order valence-electron chi connectivity index (χ4n) is 1.34. The van der Waals surface area contributed by atoms with Gasteiger partial charge in [-0.05, 0) is 28.1 Å². The number of aromatic nitrogens is 2. The van der Waals surface area contributed by atoms with E-state index in [0.717, 1.165) is 6.20 Å². The third kappa shape index (κ3) is 2.93. The molecule has 0 saturated heterocycles. The van der Waals surface area contributed by atoms with Gasteiger partial charge in [-0.25, -0.2) is 13.2 Å². The topological polar surface area (TPSA) is 112 Å². The molecule has 0 radical (unpaired) electrons. The van der Waals surface area contributed by atoms with Crippen LogP contribution in [0.15, 0.2) is 49.4 Å². The second-order valence-electron chi connectivity index (χ2n) is 3.52. The molecule has 0 spiro atoms. The van der Waals surface area contributed by atoms with Gasteiger partial charge in [-0.15, -0.1) is 0 Å². The number of H-pyrrole nitrogens is 2. The molecule has 0 atom stereocenters. The Morgan fingerprint density at radius 1 is 1.16 bits per heavy atom. The van der Waals surface area contributed by atoms with Gasteiger partial charge in [-0.2, -0.15) is 0 Å². The van der Waals surface area contributed by atoms with Gasteiger partial charge in [0.15, 0.2) is 4.90 Å². The van der Waals surface area contributed by atoms with Gasteiger partial charge in [0.05, 0.1) is 5.69 Å². The maximum Gasteiger partial charge on any atom is 0.325 e. The molecule has 2 aromatic rings. The van der Waals surface area contributed by atoms with Crippen molar-refractivity contribution in [3.8, 4) is 0 Å². The van der Waals surface area contributed by atoms with Crippen molar-refractivity contribution in [1.29, 1.82) is 0 Å². The minimum atomic E-state index is -4.08. The highest BCUT2D eigenvalue weighted by atomic mass is 79.9. The Balaban J connectivity index is 2.47. The molecule has 7 nitrogen and oxygen atoms in total. The Hall–Kier alpha value is -1.87. The predicted octanol–water partition coefficient (Wildman–Crippen LogP) is 0.626. The number of aromatic amines is 2. The van der Waals surface area contributed by atoms with Crippen LogP contribution < -0.4 is 16.0 Å². The third-order valence-electron chi connectivity index (χ3n) is 2.19. The number of rotatable bonds is 3. The number of hydrogen-bond acceptors (Lipinski definition) is 4. The lowest BCUT2D eigenvalue weighted by Gasteiger charge is -2.08. The molecular weight excluding hydrogens is 338 g/mol. The fourth-order valence-corrected chi connectivity index (χ4v) is 2.94. The number of halogens is 1. The highest BCUT2D eigenvalue weighted by molar-refractivity contribution is 9.10. The van der Waals surface area contributed by atoms with Crippen molar-refractivity contribution >= 4 is 31.6 Å². The van der Waals surface area contributed by atoms with E-state index in [9.17, 15) is 18.0 Å². The molecule has 0 aliphatic heterocycles. The lowest BCUT2D eigenvalue weighted by Crippen LogP contribution is -2.29. The summed E-state index contributed by atoms with van der Waals surface area (Å²) in [4.78, 5) is 25.7. The van der Waals surface area contributed by atoms with Crippen LogP contribution in [-0.4, -0.2) is 18.4 Å². The quantitative estimate of drug-likeness (QED) is 0.757. The number of benzene rings is 1. The van der Waals surface area contributed by atoms with Gasteiger partial charge in [0.2, 0.25) is 0 Å². The van der Waals surface area contributed by atoms with Crippen LogP contribution in [-0.2, 0) is 10.0 Å². The van der Waals surface area contributed by atoms with Crippen molar-refractivity contribution in [2.75, 3.05) is 4.72 Å². The van der Waals surface area contributed by atoms with Gasteiger partial charge in [0, 0.05) is 10.7 Å². The van der Waals surface area contributed by atoms with Gasteiger partial charge in [0.1, 0.15) is 0 Å². The molecular formula is C10H8BrN3O4S. The van der Waals surface area contributed by atoms with Crippen LogP contribution >= 0.6 is 15.9 Å². The van der Waals surface area contributed by atoms with Gasteiger partial charge < -0.3 is 4.98 Å². The Morgan fingerprint density at radius 3 is 2.47 bits per heavy atom. The SMILES string of the molecule is O=c1[nH]cc(S(=O)(=O)Nc2ccccc2Br)c(=O)[nH]1. The van der Waals surface area contributed by atoms with Crippen LogP contribution in [0.25, 0.3) is 0 Å². The zero-order chi connectivity index (χ0) is 14.0. The first kappa shape index (κ1) is 13.6. The Morgan fingerprint density at radius 2 is 1.84 bits per heavy atom. The van der Waals surface area contributed by atoms with Gasteiger partial charge in [-0.1, -0.05) is 12.1 Å². The predicted molar refractivity (Wildman–Crippen MR) is 72.6 cm³/mol. The first-order valence-electron chi connectivity index (χ1n) is 4.99. The van der Waals surface area contributed by atoms with Crippen LogP contribution in [0.1, 0.15) is 0 Å². The largest absolute Gasteiger partial charge is 0.325 e. The zero-order valence-electron chi connectivity index (χ0n) is 9.31. The molecule has 0 bridgehead atoms. The maximum atomic E-state index is 12.0. The van der Waals surface area contributed by atoms with E-state index >= 15 is 0 Å². The second kappa shape index (κ2) is 5.02. The van der Waals surface area contributed by atoms with E-state index < -0.39 is 26.2 Å². The minimum absolute atomic E-state index is 0.285. The van der Waals surface area contributed by atoms with E-state index in [2.05, 4.69) is 25.6 Å². The minimum Gasteiger partial charge on any atom is -0.313 e. The zero-order valence-corrected chi connectivity index (χ0v) is 11.7. The monoisotopic (exact) mass is 345 g/mol. The fraction of sp³-hybridized carbons (Fsp3) is 0. The van der Waals surface area contributed by atoms with Crippen molar-refractivity contribution in [2.45, 2.75) is 4.90 Å². The number of para-hydroxylation sites is 1. The highest BCUT2D eigenvalue weighted by Crippen LogP contribution is 2.23. The van der Waals surface area contributed by atoms with Crippen LogP contribution in [0.3, 0.4) is 0 Å². The van der Waals surface area contributed by atoms with Crippen LogP contribution in [0.4, 0.5) is 5.69 Å². The second-order valence-corrected chi connectivity index (χ2v) is 6.03. The van der Waals surface area contributed by atoms with Crippen molar-refractivity contribution in [2.24, 2.45) is 0 Å². The summed E-state index contributed by atoms with van der Waals surface area (Å²) in [5, 5.41) is 0. The van der Waals surface area contributed by atoms with Crippen molar-refractivity contribution in [3.63, 3.8) is 0 Å². The first-order chi connectivity index (χ1) is 8.90. The van der Waals surface area contributed by atoms with Gasteiger partial charge in [-0.3, -0.25) is 14.5 Å². The summed E-state index contributed by atoms with van der Waals surface area (Å²) in [7, 11) is -4.08. The van der Waals surface area contributed by atoms with E-state index in [4.69, 9.17) is 0 Å². The summed E-state index contributed by atoms with van der Waals surface area (Å²) in [5.74, 6) is 0. The standard InChI is InChI=1S/C10H8BrN3O4S/c11-6-3-1-2-4-7(6)14-19(17,18)8-5-12-10(16)13-9(8)15/h1-5,14H,(H2,12,13,15,16). The summed E-state index contributed by atoms with van der Waals surface area (Å²) in [5.41, 5.74) is -1.47. The Kier molecular flexibility index (Phi) is 3.58. The van der Waals surface area contributed by atoms with E-state index in [1.54, 1.807) is 18.2 Å². The first-order valence-corrected chi connectivity index (χ1v) is 7.27. The average molecular weight is 346 g/mol. The summed E-state index contributed by atoms with van der Waals surface area (Å²) >= 11 is 3.18. The van der Waals surface area contributed by atoms with Crippen LogP contribution in [0.5, 0.6) is 0 Å². The van der Waals surface area contributed by atoms with E-state index in [1.807, 2.05) is 4.98 Å². The van der Waals surface area contributed by atoms with Crippen LogP contribution in [0.2, 0.25) is 0 Å². The van der Waals surface area contributed by atoms with Gasteiger partial charge >= 0.3 is 5.69 Å². The van der Waals surface area contributed by atoms with Gasteiger partial charge in [0.25, 0.3) is 15.6 Å². The molecule has 1 aromatic heterocycles. The Labute approximate surface area is 115 Å². The molecule has 100 valence electrons. The number of sulfonamides is 1. The molecule has 19 heavy (non-hydrogen) atoms. The summed E-state index contributed by atoms with van der Waals surface area (Å²) in [6.07, 6.45) is 0.848. The molecule has 0 saturated carbocycles. The normalized spacial score (nSPS) is 11.2. The molecule has 1 heterocycles. The summed E-state index contributed by atoms with van der Waals surface area (Å²) in [6, 6.07) is 6.53. The molecule has 0 aliphatic rings. The van der Waals surface area contributed by atoms with Crippen molar-refractivity contribution in [3.05, 3.63) is 55.8 Å². The molecule has 0 amide bonds. The summed E-state index contributed by atoms with van der Waals surface area (Å²) in [6.45, 7) is 0. The average Bonchev–Trinajstić information content (AvgIpc) is 2.31. The number of hydrogen-bond donors (Lipinski definition) is 3. The molecule has 0 fully saturated rings. The third-order valence-corrected chi connectivity index (χ3v) is 4.26. The van der Waals surface area contributed by atoms with Crippen LogP contribution in [0, 0.1) is 0 Å². The molecule has 2 rings (SSSR count). The van der Waals surface area contributed by atoms with E-state index in [-0.39, 0.29) is 5.69 Å². The number of nitrogens with one attached hydrogen (secondary N) is 3. The van der Waals surface area contributed by atoms with E-state index in [0.29, 0.717) is 4.47 Å². The lowest BCUT2D eigenvalue weighted by molar-refractivity contribution is 0.599. The van der Waals surface area contributed by atoms with Crippen molar-refractivity contribution in [1.82, 2.24) is 9.97 Å². The molecule has 0 unspecified atom stereocenters.